The van der Waals surface area contributed by atoms with Gasteiger partial charge in [0.2, 0.25) is 0 Å². The second kappa shape index (κ2) is 6.94. The van der Waals surface area contributed by atoms with Gasteiger partial charge >= 0.3 is 0 Å². The maximum absolute atomic E-state index is 12.2. The Bertz CT molecular complexity index is 712. The molecule has 0 aromatic heterocycles. The molecule has 3 nitrogen and oxygen atoms in total. The number of carbonyl (C=O) groups is 1. The van der Waals surface area contributed by atoms with E-state index in [9.17, 15) is 4.79 Å². The lowest BCUT2D eigenvalue weighted by molar-refractivity contribution is 0.102. The van der Waals surface area contributed by atoms with Crippen LogP contribution in [-0.2, 0) is 0 Å². The van der Waals surface area contributed by atoms with E-state index < -0.39 is 0 Å². The lowest BCUT2D eigenvalue weighted by Gasteiger charge is -2.08. The Morgan fingerprint density at radius 2 is 1.95 bits per heavy atom. The van der Waals surface area contributed by atoms with Crippen molar-refractivity contribution in [1.29, 1.82) is 0 Å². The number of nitrogens with one attached hydrogen (secondary N) is 1. The van der Waals surface area contributed by atoms with E-state index in [1.807, 2.05) is 6.92 Å². The number of hydrogen-bond acceptors (Lipinski definition) is 2. The Morgan fingerprint density at radius 3 is 2.57 bits per heavy atom. The Morgan fingerprint density at radius 1 is 1.24 bits per heavy atom. The van der Waals surface area contributed by atoms with Gasteiger partial charge in [0.1, 0.15) is 6.61 Å². The Hall–Kier alpha value is -2.28. The highest BCUT2D eigenvalue weighted by molar-refractivity contribution is 6.30. The zero-order valence-corrected chi connectivity index (χ0v) is 12.2. The van der Waals surface area contributed by atoms with Crippen LogP contribution in [0.1, 0.15) is 21.5 Å². The van der Waals surface area contributed by atoms with Crippen LogP contribution >= 0.6 is 11.6 Å². The lowest BCUT2D eigenvalue weighted by atomic mass is 10.1. The molecule has 1 amide bonds. The summed E-state index contributed by atoms with van der Waals surface area (Å²) in [4.78, 5) is 12.2. The first-order valence-corrected chi connectivity index (χ1v) is 6.75. The number of aryl methyl sites for hydroxylation is 1. The molecule has 0 saturated carbocycles. The summed E-state index contributed by atoms with van der Waals surface area (Å²) in [6.45, 7) is 1.70. The summed E-state index contributed by atoms with van der Waals surface area (Å²) >= 11 is 5.89. The monoisotopic (exact) mass is 299 g/mol. The third-order valence-electron chi connectivity index (χ3n) is 2.90. The van der Waals surface area contributed by atoms with Crippen LogP contribution in [0.4, 0.5) is 5.69 Å². The third kappa shape index (κ3) is 4.09. The van der Waals surface area contributed by atoms with E-state index in [1.54, 1.807) is 42.5 Å². The van der Waals surface area contributed by atoms with Gasteiger partial charge in [0.15, 0.2) is 0 Å². The van der Waals surface area contributed by atoms with Gasteiger partial charge in [0.05, 0.1) is 0 Å². The van der Waals surface area contributed by atoms with Crippen LogP contribution in [0.15, 0.2) is 42.5 Å². The average molecular weight is 300 g/mol. The molecular formula is C17H14ClNO2. The quantitative estimate of drug-likeness (QED) is 0.836. The molecule has 0 unspecified atom stereocenters. The van der Waals surface area contributed by atoms with Gasteiger partial charge in [0.25, 0.3) is 5.91 Å². The number of hydrogen-bond donors (Lipinski definition) is 2. The number of carbonyl (C=O) groups excluding carboxylic acids is 1. The maximum Gasteiger partial charge on any atom is 0.255 e. The Balaban J connectivity index is 2.13. The normalized spacial score (nSPS) is 9.67. The standard InChI is InChI=1S/C17H14ClNO2/c1-12-11-15(18)8-9-16(12)19-17(21)14-6-4-13(5-7-14)3-2-10-20/h4-9,11,20H,10H2,1H3,(H,19,21). The summed E-state index contributed by atoms with van der Waals surface area (Å²) in [5, 5.41) is 12.1. The lowest BCUT2D eigenvalue weighted by Crippen LogP contribution is -2.12. The van der Waals surface area contributed by atoms with Crippen LogP contribution in [0.2, 0.25) is 5.02 Å². The fraction of sp³-hybridized carbons (Fsp3) is 0.118. The molecule has 0 fully saturated rings. The van der Waals surface area contributed by atoms with E-state index in [1.165, 1.54) is 0 Å². The summed E-state index contributed by atoms with van der Waals surface area (Å²) < 4.78 is 0. The SMILES string of the molecule is Cc1cc(Cl)ccc1NC(=O)c1ccc(C#CCO)cc1. The molecule has 0 aliphatic heterocycles. The number of halogens is 1. The number of amides is 1. The Labute approximate surface area is 128 Å². The molecule has 0 saturated heterocycles. The van der Waals surface area contributed by atoms with Crippen molar-refractivity contribution in [3.63, 3.8) is 0 Å². The molecular weight excluding hydrogens is 286 g/mol. The molecule has 0 aliphatic rings. The number of aliphatic hydroxyl groups is 1. The summed E-state index contributed by atoms with van der Waals surface area (Å²) in [5.41, 5.74) is 2.93. The van der Waals surface area contributed by atoms with Crippen LogP contribution in [0.5, 0.6) is 0 Å². The highest BCUT2D eigenvalue weighted by atomic mass is 35.5. The average Bonchev–Trinajstić information content (AvgIpc) is 2.48. The van der Waals surface area contributed by atoms with Gasteiger partial charge in [-0.25, -0.2) is 0 Å². The number of benzene rings is 2. The minimum Gasteiger partial charge on any atom is -0.384 e. The van der Waals surface area contributed by atoms with Crippen LogP contribution in [-0.4, -0.2) is 17.6 Å². The highest BCUT2D eigenvalue weighted by Crippen LogP contribution is 2.20. The van der Waals surface area contributed by atoms with E-state index in [0.29, 0.717) is 10.6 Å². The first kappa shape index (κ1) is 15.1. The largest absolute Gasteiger partial charge is 0.384 e. The van der Waals surface area contributed by atoms with Gasteiger partial charge in [-0.2, -0.15) is 0 Å². The first-order valence-electron chi connectivity index (χ1n) is 6.37. The topological polar surface area (TPSA) is 49.3 Å². The van der Waals surface area contributed by atoms with Crippen LogP contribution in [0.3, 0.4) is 0 Å². The molecule has 2 aromatic rings. The maximum atomic E-state index is 12.2. The van der Waals surface area contributed by atoms with E-state index in [-0.39, 0.29) is 12.5 Å². The zero-order valence-electron chi connectivity index (χ0n) is 11.5. The zero-order chi connectivity index (χ0) is 15.2. The fourth-order valence-electron chi connectivity index (χ4n) is 1.81. The second-order valence-corrected chi connectivity index (χ2v) is 4.89. The van der Waals surface area contributed by atoms with Crippen molar-refractivity contribution in [2.75, 3.05) is 11.9 Å². The van der Waals surface area contributed by atoms with Gasteiger partial charge in [-0.3, -0.25) is 4.79 Å². The van der Waals surface area contributed by atoms with Crippen molar-refractivity contribution < 1.29 is 9.90 Å². The predicted molar refractivity (Wildman–Crippen MR) is 84.5 cm³/mol. The summed E-state index contributed by atoms with van der Waals surface area (Å²) in [7, 11) is 0. The Kier molecular flexibility index (Phi) is 4.99. The van der Waals surface area contributed by atoms with Crippen molar-refractivity contribution in [2.45, 2.75) is 6.92 Å². The van der Waals surface area contributed by atoms with Crippen molar-refractivity contribution in [3.8, 4) is 11.8 Å². The summed E-state index contributed by atoms with van der Waals surface area (Å²) in [6.07, 6.45) is 0. The molecule has 106 valence electrons. The molecule has 21 heavy (non-hydrogen) atoms. The van der Waals surface area contributed by atoms with Gasteiger partial charge in [-0.15, -0.1) is 0 Å². The molecule has 4 heteroatoms. The summed E-state index contributed by atoms with van der Waals surface area (Å²) in [6, 6.07) is 12.2. The first-order chi connectivity index (χ1) is 10.1. The smallest absolute Gasteiger partial charge is 0.255 e. The van der Waals surface area contributed by atoms with Crippen LogP contribution in [0.25, 0.3) is 0 Å². The molecule has 0 heterocycles. The molecule has 0 spiro atoms. The van der Waals surface area contributed by atoms with E-state index in [4.69, 9.17) is 16.7 Å². The molecule has 0 bridgehead atoms. The highest BCUT2D eigenvalue weighted by Gasteiger charge is 2.07. The molecule has 2 N–H and O–H groups in total. The fourth-order valence-corrected chi connectivity index (χ4v) is 2.04. The van der Waals surface area contributed by atoms with Crippen LogP contribution in [0, 0.1) is 18.8 Å². The minimum absolute atomic E-state index is 0.182. The number of anilines is 1. The molecule has 0 atom stereocenters. The van der Waals surface area contributed by atoms with Crippen LogP contribution < -0.4 is 5.32 Å². The third-order valence-corrected chi connectivity index (χ3v) is 3.13. The van der Waals surface area contributed by atoms with Crippen molar-refractivity contribution in [3.05, 3.63) is 64.2 Å². The van der Waals surface area contributed by atoms with Crippen molar-refractivity contribution in [1.82, 2.24) is 0 Å². The van der Waals surface area contributed by atoms with Gasteiger partial charge < -0.3 is 10.4 Å². The van der Waals surface area contributed by atoms with Crippen molar-refractivity contribution >= 4 is 23.2 Å². The van der Waals surface area contributed by atoms with Crippen molar-refractivity contribution in [2.24, 2.45) is 0 Å². The molecule has 0 radical (unpaired) electrons. The molecule has 0 aliphatic carbocycles. The van der Waals surface area contributed by atoms with E-state index in [2.05, 4.69) is 17.2 Å². The van der Waals surface area contributed by atoms with Gasteiger partial charge in [-0.05, 0) is 55.0 Å². The predicted octanol–water partition coefficient (Wildman–Crippen LogP) is 3.24. The van der Waals surface area contributed by atoms with E-state index >= 15 is 0 Å². The minimum atomic E-state index is -0.193. The van der Waals surface area contributed by atoms with Gasteiger partial charge in [-0.1, -0.05) is 23.4 Å². The molecule has 2 rings (SSSR count). The van der Waals surface area contributed by atoms with E-state index in [0.717, 1.165) is 16.8 Å². The van der Waals surface area contributed by atoms with Gasteiger partial charge in [0, 0.05) is 21.8 Å². The second-order valence-electron chi connectivity index (χ2n) is 4.45. The summed E-state index contributed by atoms with van der Waals surface area (Å²) in [5.74, 6) is 5.14. The molecule has 2 aromatic carbocycles. The number of aliphatic hydroxyl groups excluding tert-OH is 1. The number of rotatable bonds is 2.